The number of aliphatic hydroxyl groups excluding tert-OH is 1. The van der Waals surface area contributed by atoms with Gasteiger partial charge in [0.2, 0.25) is 0 Å². The van der Waals surface area contributed by atoms with Crippen molar-refractivity contribution < 1.29 is 24.1 Å². The van der Waals surface area contributed by atoms with E-state index in [0.29, 0.717) is 28.6 Å². The summed E-state index contributed by atoms with van der Waals surface area (Å²) in [5.74, 6) is 1.11. The molecule has 0 aliphatic carbocycles. The molecule has 0 amide bonds. The molecule has 0 saturated heterocycles. The molecule has 7 heteroatoms. The number of hydrogen-bond donors (Lipinski definition) is 1. The Labute approximate surface area is 168 Å². The zero-order chi connectivity index (χ0) is 20.6. The Hall–Kier alpha value is -3.45. The first-order valence-corrected chi connectivity index (χ1v) is 9.04. The van der Waals surface area contributed by atoms with Crippen LogP contribution in [0.15, 0.2) is 60.8 Å². The van der Waals surface area contributed by atoms with Gasteiger partial charge in [-0.3, -0.25) is 0 Å². The topological polar surface area (TPSA) is 90.8 Å². The van der Waals surface area contributed by atoms with Gasteiger partial charge in [-0.15, -0.1) is 0 Å². The minimum Gasteiger partial charge on any atom is -0.496 e. The van der Waals surface area contributed by atoms with E-state index >= 15 is 0 Å². The molecule has 1 heterocycles. The van der Waals surface area contributed by atoms with Crippen molar-refractivity contribution in [3.8, 4) is 22.9 Å². The largest absolute Gasteiger partial charge is 0.496 e. The lowest BCUT2D eigenvalue weighted by Gasteiger charge is -2.14. The zero-order valence-corrected chi connectivity index (χ0v) is 16.2. The quantitative estimate of drug-likeness (QED) is 0.588. The third kappa shape index (κ3) is 5.08. The molecule has 3 rings (SSSR count). The first-order valence-electron chi connectivity index (χ1n) is 9.04. The van der Waals surface area contributed by atoms with E-state index in [0.717, 1.165) is 5.56 Å². The third-order valence-electron chi connectivity index (χ3n) is 4.30. The summed E-state index contributed by atoms with van der Waals surface area (Å²) in [6, 6.07) is 16.5. The minimum absolute atomic E-state index is 0.0963. The van der Waals surface area contributed by atoms with Crippen LogP contribution < -0.4 is 9.47 Å². The van der Waals surface area contributed by atoms with E-state index in [4.69, 9.17) is 9.47 Å². The van der Waals surface area contributed by atoms with Crippen LogP contribution in [0.1, 0.15) is 11.3 Å². The van der Waals surface area contributed by atoms with Crippen molar-refractivity contribution in [3.05, 3.63) is 72.1 Å². The fourth-order valence-electron chi connectivity index (χ4n) is 2.83. The maximum absolute atomic E-state index is 11.5. The molecule has 0 aliphatic heterocycles. The highest BCUT2D eigenvalue weighted by Gasteiger charge is 2.18. The number of methoxy groups -OCH3 is 2. The summed E-state index contributed by atoms with van der Waals surface area (Å²) in [5.41, 5.74) is 2.17. The van der Waals surface area contributed by atoms with E-state index in [-0.39, 0.29) is 13.0 Å². The summed E-state index contributed by atoms with van der Waals surface area (Å²) in [5, 5.41) is 9.93. The Morgan fingerprint density at radius 1 is 1.03 bits per heavy atom. The van der Waals surface area contributed by atoms with Crippen LogP contribution in [-0.4, -0.2) is 41.4 Å². The van der Waals surface area contributed by atoms with Crippen molar-refractivity contribution in [1.82, 2.24) is 9.97 Å². The zero-order valence-electron chi connectivity index (χ0n) is 16.2. The Bertz CT molecular complexity index is 977. The maximum Gasteiger partial charge on any atom is 0.335 e. The van der Waals surface area contributed by atoms with Crippen molar-refractivity contribution in [3.63, 3.8) is 0 Å². The second-order valence-corrected chi connectivity index (χ2v) is 6.21. The van der Waals surface area contributed by atoms with Gasteiger partial charge in [0.25, 0.3) is 0 Å². The smallest absolute Gasteiger partial charge is 0.335 e. The lowest BCUT2D eigenvalue weighted by Crippen LogP contribution is -2.24. The summed E-state index contributed by atoms with van der Waals surface area (Å²) in [6.45, 7) is 0.204. The molecule has 1 aromatic heterocycles. The number of ether oxygens (including phenoxy) is 3. The maximum atomic E-state index is 11.5. The van der Waals surface area contributed by atoms with Gasteiger partial charge in [-0.25, -0.2) is 14.8 Å². The van der Waals surface area contributed by atoms with Crippen LogP contribution in [0.3, 0.4) is 0 Å². The van der Waals surface area contributed by atoms with Gasteiger partial charge < -0.3 is 19.3 Å². The van der Waals surface area contributed by atoms with Crippen molar-refractivity contribution in [2.75, 3.05) is 14.2 Å². The van der Waals surface area contributed by atoms with E-state index in [1.54, 1.807) is 31.5 Å². The Kier molecular flexibility index (Phi) is 6.76. The van der Waals surface area contributed by atoms with Crippen molar-refractivity contribution in [2.45, 2.75) is 19.1 Å². The van der Waals surface area contributed by atoms with E-state index in [1.165, 1.54) is 7.11 Å². The first-order chi connectivity index (χ1) is 14.1. The third-order valence-corrected chi connectivity index (χ3v) is 4.30. The number of benzene rings is 2. The second-order valence-electron chi connectivity index (χ2n) is 6.21. The molecule has 0 radical (unpaired) electrons. The number of carbonyl (C=O) groups is 1. The highest BCUT2D eigenvalue weighted by molar-refractivity contribution is 5.74. The van der Waals surface area contributed by atoms with E-state index in [1.807, 2.05) is 36.4 Å². The molecule has 0 fully saturated rings. The summed E-state index contributed by atoms with van der Waals surface area (Å²) in [6.07, 6.45) is 0.514. The summed E-state index contributed by atoms with van der Waals surface area (Å²) >= 11 is 0. The Morgan fingerprint density at radius 3 is 2.52 bits per heavy atom. The summed E-state index contributed by atoms with van der Waals surface area (Å²) in [7, 11) is 2.84. The number of para-hydroxylation sites is 2. The van der Waals surface area contributed by atoms with E-state index in [2.05, 4.69) is 14.7 Å². The van der Waals surface area contributed by atoms with Crippen LogP contribution >= 0.6 is 0 Å². The van der Waals surface area contributed by atoms with Crippen LogP contribution in [0, 0.1) is 0 Å². The van der Waals surface area contributed by atoms with Crippen LogP contribution in [-0.2, 0) is 22.6 Å². The van der Waals surface area contributed by atoms with Crippen LogP contribution in [0.4, 0.5) is 0 Å². The molecule has 7 nitrogen and oxygen atoms in total. The highest BCUT2D eigenvalue weighted by Crippen LogP contribution is 2.27. The standard InChI is InChI=1S/C22H22N2O5/c1-27-20-10-6-4-8-17(20)21-23-12-11-16(24-21)14-29-19-9-5-3-7-15(19)13-18(25)22(26)28-2/h3-12,18,25H,13-14H2,1-2H3. The van der Waals surface area contributed by atoms with E-state index < -0.39 is 12.1 Å². The molecule has 0 saturated carbocycles. The van der Waals surface area contributed by atoms with Crippen LogP contribution in [0.5, 0.6) is 11.5 Å². The van der Waals surface area contributed by atoms with Gasteiger partial charge in [0.15, 0.2) is 11.9 Å². The molecular weight excluding hydrogens is 372 g/mol. The molecule has 2 aromatic carbocycles. The Balaban J connectivity index is 1.75. The predicted octanol–water partition coefficient (Wildman–Crippen LogP) is 2.81. The molecule has 0 spiro atoms. The normalized spacial score (nSPS) is 11.6. The average molecular weight is 394 g/mol. The molecule has 0 aliphatic rings. The number of aromatic nitrogens is 2. The molecule has 0 bridgehead atoms. The van der Waals surface area contributed by atoms with Gasteiger partial charge in [-0.1, -0.05) is 30.3 Å². The van der Waals surface area contributed by atoms with Gasteiger partial charge in [-0.2, -0.15) is 0 Å². The number of hydrogen-bond acceptors (Lipinski definition) is 7. The SMILES string of the molecule is COC(=O)C(O)Cc1ccccc1OCc1ccnc(-c2ccccc2OC)n1. The Morgan fingerprint density at radius 2 is 1.76 bits per heavy atom. The molecule has 1 N–H and O–H groups in total. The van der Waals surface area contributed by atoms with Crippen molar-refractivity contribution >= 4 is 5.97 Å². The van der Waals surface area contributed by atoms with Gasteiger partial charge in [-0.05, 0) is 29.8 Å². The second kappa shape index (κ2) is 9.66. The summed E-state index contributed by atoms with van der Waals surface area (Å²) < 4.78 is 15.8. The van der Waals surface area contributed by atoms with Crippen LogP contribution in [0.25, 0.3) is 11.4 Å². The number of aliphatic hydroxyl groups is 1. The van der Waals surface area contributed by atoms with Crippen LogP contribution in [0.2, 0.25) is 0 Å². The average Bonchev–Trinajstić information content (AvgIpc) is 2.78. The number of rotatable bonds is 8. The summed E-state index contributed by atoms with van der Waals surface area (Å²) in [4.78, 5) is 20.4. The lowest BCUT2D eigenvalue weighted by molar-refractivity contribution is -0.150. The minimum atomic E-state index is -1.25. The fourth-order valence-corrected chi connectivity index (χ4v) is 2.83. The molecule has 3 aromatic rings. The molecule has 1 atom stereocenters. The van der Waals surface area contributed by atoms with Gasteiger partial charge >= 0.3 is 5.97 Å². The lowest BCUT2D eigenvalue weighted by atomic mass is 10.1. The van der Waals surface area contributed by atoms with E-state index in [9.17, 15) is 9.90 Å². The van der Waals surface area contributed by atoms with Crippen molar-refractivity contribution in [2.24, 2.45) is 0 Å². The predicted molar refractivity (Wildman–Crippen MR) is 107 cm³/mol. The fraction of sp³-hybridized carbons (Fsp3) is 0.227. The van der Waals surface area contributed by atoms with Gasteiger partial charge in [0.1, 0.15) is 18.1 Å². The van der Waals surface area contributed by atoms with Crippen molar-refractivity contribution in [1.29, 1.82) is 0 Å². The number of esters is 1. The molecular formula is C22H22N2O5. The number of nitrogens with zero attached hydrogens (tertiary/aromatic N) is 2. The molecule has 1 unspecified atom stereocenters. The monoisotopic (exact) mass is 394 g/mol. The first kappa shape index (κ1) is 20.3. The van der Waals surface area contributed by atoms with Gasteiger partial charge in [0.05, 0.1) is 25.5 Å². The number of carbonyl (C=O) groups excluding carboxylic acids is 1. The molecule has 150 valence electrons. The highest BCUT2D eigenvalue weighted by atomic mass is 16.5. The van der Waals surface area contributed by atoms with Gasteiger partial charge in [0, 0.05) is 12.6 Å². The molecule has 29 heavy (non-hydrogen) atoms.